The van der Waals surface area contributed by atoms with E-state index < -0.39 is 33.3 Å². The zero-order valence-corrected chi connectivity index (χ0v) is 18.6. The summed E-state index contributed by atoms with van der Waals surface area (Å²) in [6.45, 7) is 1.95. The Labute approximate surface area is 192 Å². The summed E-state index contributed by atoms with van der Waals surface area (Å²) in [7, 11) is -5.83. The topological polar surface area (TPSA) is 111 Å². The summed E-state index contributed by atoms with van der Waals surface area (Å²) < 4.78 is 68.7. The lowest BCUT2D eigenvalue weighted by atomic mass is 10.0. The molecule has 0 fully saturated rings. The van der Waals surface area contributed by atoms with Gasteiger partial charge in [0.25, 0.3) is 0 Å². The minimum absolute atomic E-state index is 0.0683. The van der Waals surface area contributed by atoms with E-state index in [4.69, 9.17) is 16.3 Å². The van der Waals surface area contributed by atoms with Crippen LogP contribution in [0.4, 0.5) is 13.2 Å². The van der Waals surface area contributed by atoms with Crippen LogP contribution in [0.1, 0.15) is 30.9 Å². The van der Waals surface area contributed by atoms with Crippen LogP contribution in [0.5, 0.6) is 5.75 Å². The van der Waals surface area contributed by atoms with Gasteiger partial charge in [0, 0.05) is 16.1 Å². The lowest BCUT2D eigenvalue weighted by molar-refractivity contribution is -0.155. The molecule has 0 saturated carbocycles. The first kappa shape index (κ1) is 26.1. The minimum atomic E-state index is -5.83. The van der Waals surface area contributed by atoms with Gasteiger partial charge < -0.3 is 8.92 Å². The van der Waals surface area contributed by atoms with E-state index in [1.807, 2.05) is 6.92 Å². The number of ether oxygens (including phenoxy) is 1. The van der Waals surface area contributed by atoms with Crippen LogP contribution in [0.2, 0.25) is 5.02 Å². The van der Waals surface area contributed by atoms with Gasteiger partial charge >= 0.3 is 27.5 Å². The Morgan fingerprint density at radius 3 is 2.09 bits per heavy atom. The van der Waals surface area contributed by atoms with Crippen molar-refractivity contribution in [1.29, 1.82) is 0 Å². The van der Waals surface area contributed by atoms with Gasteiger partial charge in [-0.05, 0) is 42.8 Å². The first-order valence-electron chi connectivity index (χ1n) is 9.36. The van der Waals surface area contributed by atoms with E-state index in [0.29, 0.717) is 17.0 Å². The number of amides is 1. The molecular weight excluding hydrogens is 489 g/mol. The Hall–Kier alpha value is -3.12. The quantitative estimate of drug-likeness (QED) is 0.111. The third-order valence-electron chi connectivity index (χ3n) is 3.92. The molecule has 2 rings (SSSR count). The third-order valence-corrected chi connectivity index (χ3v) is 5.15. The van der Waals surface area contributed by atoms with Crippen molar-refractivity contribution in [2.75, 3.05) is 6.61 Å². The number of unbranched alkanes of at least 4 members (excludes halogenated alkanes) is 1. The fourth-order valence-electron chi connectivity index (χ4n) is 2.27. The predicted molar refractivity (Wildman–Crippen MR) is 113 cm³/mol. The van der Waals surface area contributed by atoms with E-state index in [2.05, 4.69) is 14.7 Å². The van der Waals surface area contributed by atoms with Crippen molar-refractivity contribution < 1.29 is 40.1 Å². The molecule has 178 valence electrons. The number of benzene rings is 2. The number of rotatable bonds is 8. The summed E-state index contributed by atoms with van der Waals surface area (Å²) in [6.07, 6.45) is 1.34. The number of carbonyl (C=O) groups is 2. The normalized spacial score (nSPS) is 12.2. The molecule has 0 aliphatic carbocycles. The average Bonchev–Trinajstić information content (AvgIpc) is 2.75. The molecule has 33 heavy (non-hydrogen) atoms. The van der Waals surface area contributed by atoms with Gasteiger partial charge in [-0.25, -0.2) is 10.2 Å². The lowest BCUT2D eigenvalue weighted by Crippen LogP contribution is -2.30. The molecule has 0 atom stereocenters. The summed E-state index contributed by atoms with van der Waals surface area (Å²) in [6, 6.07) is 10.6. The second kappa shape index (κ2) is 11.1. The van der Waals surface area contributed by atoms with Crippen molar-refractivity contribution in [3.63, 3.8) is 0 Å². The van der Waals surface area contributed by atoms with Crippen LogP contribution in [0.15, 0.2) is 53.6 Å². The van der Waals surface area contributed by atoms with Crippen molar-refractivity contribution in [1.82, 2.24) is 5.43 Å². The van der Waals surface area contributed by atoms with Crippen LogP contribution in [0.25, 0.3) is 0 Å². The van der Waals surface area contributed by atoms with Crippen molar-refractivity contribution >= 4 is 39.3 Å². The maximum atomic E-state index is 12.5. The van der Waals surface area contributed by atoms with E-state index in [-0.39, 0.29) is 17.9 Å². The third kappa shape index (κ3) is 7.46. The fourth-order valence-corrected chi connectivity index (χ4v) is 2.86. The van der Waals surface area contributed by atoms with E-state index in [1.165, 1.54) is 24.3 Å². The van der Waals surface area contributed by atoms with Crippen LogP contribution in [-0.2, 0) is 24.4 Å². The zero-order valence-electron chi connectivity index (χ0n) is 17.1. The van der Waals surface area contributed by atoms with Crippen LogP contribution in [-0.4, -0.2) is 38.1 Å². The van der Waals surface area contributed by atoms with Crippen molar-refractivity contribution in [3.05, 3.63) is 64.7 Å². The number of hydrogen-bond acceptors (Lipinski definition) is 7. The highest BCUT2D eigenvalue weighted by Gasteiger charge is 2.48. The summed E-state index contributed by atoms with van der Waals surface area (Å²) in [4.78, 5) is 23.7. The highest BCUT2D eigenvalue weighted by atomic mass is 35.5. The maximum Gasteiger partial charge on any atom is 0.534 e. The molecule has 8 nitrogen and oxygen atoms in total. The van der Waals surface area contributed by atoms with Crippen LogP contribution in [0, 0.1) is 0 Å². The molecule has 2 aromatic rings. The number of nitrogens with zero attached hydrogens (tertiary/aromatic N) is 1. The first-order chi connectivity index (χ1) is 15.4. The second-order valence-corrected chi connectivity index (χ2v) is 8.38. The highest BCUT2D eigenvalue weighted by Crippen LogP contribution is 2.27. The molecule has 0 heterocycles. The molecule has 2 aromatic carbocycles. The predicted octanol–water partition coefficient (Wildman–Crippen LogP) is 3.78. The van der Waals surface area contributed by atoms with Gasteiger partial charge in [-0.1, -0.05) is 37.1 Å². The molecule has 0 saturated heterocycles. The Morgan fingerprint density at radius 1 is 1.03 bits per heavy atom. The monoisotopic (exact) mass is 506 g/mol. The second-order valence-electron chi connectivity index (χ2n) is 6.41. The molecular formula is C20H18ClF3N2O6S. The zero-order chi connectivity index (χ0) is 24.6. The molecule has 1 N–H and O–H groups in total. The van der Waals surface area contributed by atoms with Crippen LogP contribution >= 0.6 is 11.6 Å². The standard InChI is InChI=1S/C20H18ClF3N2O6S/c1-2-3-12-31-19(28)18(27)26-25-17(13-4-8-15(21)9-5-13)14-6-10-16(11-7-14)32-33(29,30)20(22,23)24/h4-11H,2-3,12H2,1H3,(H,26,27). The Balaban J connectivity index is 2.29. The molecule has 0 bridgehead atoms. The molecule has 0 spiro atoms. The van der Waals surface area contributed by atoms with Gasteiger partial charge in [0.05, 0.1) is 12.3 Å². The summed E-state index contributed by atoms with van der Waals surface area (Å²) in [5.74, 6) is -2.85. The number of hydrazone groups is 1. The highest BCUT2D eigenvalue weighted by molar-refractivity contribution is 7.88. The van der Waals surface area contributed by atoms with Gasteiger partial charge in [0.2, 0.25) is 0 Å². The van der Waals surface area contributed by atoms with Crippen LogP contribution in [0.3, 0.4) is 0 Å². The molecule has 13 heteroatoms. The Kier molecular flexibility index (Phi) is 8.83. The van der Waals surface area contributed by atoms with E-state index in [9.17, 15) is 31.2 Å². The minimum Gasteiger partial charge on any atom is -0.459 e. The number of esters is 1. The van der Waals surface area contributed by atoms with Crippen LogP contribution < -0.4 is 9.61 Å². The smallest absolute Gasteiger partial charge is 0.459 e. The van der Waals surface area contributed by atoms with Gasteiger partial charge in [0.1, 0.15) is 5.75 Å². The van der Waals surface area contributed by atoms with E-state index in [0.717, 1.165) is 18.6 Å². The number of hydrogen-bond donors (Lipinski definition) is 1. The molecule has 0 aromatic heterocycles. The number of carbonyl (C=O) groups excluding carboxylic acids is 2. The largest absolute Gasteiger partial charge is 0.534 e. The van der Waals surface area contributed by atoms with Gasteiger partial charge in [-0.15, -0.1) is 0 Å². The summed E-state index contributed by atoms with van der Waals surface area (Å²) in [5, 5.41) is 4.33. The fraction of sp³-hybridized carbons (Fsp3) is 0.250. The molecule has 0 aliphatic heterocycles. The van der Waals surface area contributed by atoms with Crippen molar-refractivity contribution in [2.45, 2.75) is 25.3 Å². The van der Waals surface area contributed by atoms with Gasteiger partial charge in [-0.2, -0.15) is 26.7 Å². The number of nitrogens with one attached hydrogen (secondary N) is 1. The number of alkyl halides is 3. The molecule has 1 amide bonds. The van der Waals surface area contributed by atoms with Gasteiger partial charge in [0.15, 0.2) is 0 Å². The maximum absolute atomic E-state index is 12.5. The average molecular weight is 507 g/mol. The first-order valence-corrected chi connectivity index (χ1v) is 11.1. The Morgan fingerprint density at radius 2 is 1.58 bits per heavy atom. The molecule has 0 unspecified atom stereocenters. The SMILES string of the molecule is CCCCOC(=O)C(=O)NN=C(c1ccc(Cl)cc1)c1ccc(OS(=O)(=O)C(F)(F)F)cc1. The molecule has 0 aliphatic rings. The summed E-state index contributed by atoms with van der Waals surface area (Å²) >= 11 is 5.87. The van der Waals surface area contributed by atoms with Crippen molar-refractivity contribution in [2.24, 2.45) is 5.10 Å². The van der Waals surface area contributed by atoms with Crippen molar-refractivity contribution in [3.8, 4) is 5.75 Å². The number of halogens is 4. The van der Waals surface area contributed by atoms with Gasteiger partial charge in [-0.3, -0.25) is 4.79 Å². The molecule has 0 radical (unpaired) electrons. The summed E-state index contributed by atoms with van der Waals surface area (Å²) in [5.41, 5.74) is -2.74. The van der Waals surface area contributed by atoms with E-state index in [1.54, 1.807) is 12.1 Å². The Bertz CT molecular complexity index is 1120. The van der Waals surface area contributed by atoms with E-state index >= 15 is 0 Å². The lowest BCUT2D eigenvalue weighted by Gasteiger charge is -2.11.